The van der Waals surface area contributed by atoms with Gasteiger partial charge in [0.15, 0.2) is 0 Å². The van der Waals surface area contributed by atoms with Gasteiger partial charge >= 0.3 is 0 Å². The van der Waals surface area contributed by atoms with Crippen LogP contribution in [0, 0.1) is 6.92 Å². The zero-order chi connectivity index (χ0) is 14.8. The number of benzene rings is 2. The molecule has 108 valence electrons. The molecule has 3 nitrogen and oxygen atoms in total. The number of furan rings is 1. The quantitative estimate of drug-likeness (QED) is 0.736. The minimum atomic E-state index is 0.0875. The third kappa shape index (κ3) is 2.59. The predicted molar refractivity (Wildman–Crippen MR) is 86.0 cm³/mol. The van der Waals surface area contributed by atoms with Crippen molar-refractivity contribution in [2.75, 3.05) is 12.4 Å². The van der Waals surface area contributed by atoms with E-state index in [1.807, 2.05) is 42.5 Å². The summed E-state index contributed by atoms with van der Waals surface area (Å²) in [5.41, 5.74) is 3.14. The van der Waals surface area contributed by atoms with E-state index in [1.165, 1.54) is 10.9 Å². The molecule has 1 heterocycles. The Morgan fingerprint density at radius 1 is 1.10 bits per heavy atom. The van der Waals surface area contributed by atoms with E-state index in [2.05, 4.69) is 25.2 Å². The molecule has 1 unspecified atom stereocenters. The van der Waals surface area contributed by atoms with Crippen LogP contribution in [0.15, 0.2) is 52.9 Å². The van der Waals surface area contributed by atoms with E-state index in [9.17, 15) is 0 Å². The molecule has 0 saturated heterocycles. The van der Waals surface area contributed by atoms with Gasteiger partial charge in [0.2, 0.25) is 0 Å². The highest BCUT2D eigenvalue weighted by atomic mass is 16.5. The molecule has 0 saturated carbocycles. The molecular formula is C18H19NO2. The maximum atomic E-state index is 6.00. The number of rotatable bonds is 4. The van der Waals surface area contributed by atoms with E-state index in [-0.39, 0.29) is 6.04 Å². The maximum absolute atomic E-state index is 6.00. The molecule has 0 fully saturated rings. The van der Waals surface area contributed by atoms with Crippen LogP contribution in [-0.2, 0) is 0 Å². The highest BCUT2D eigenvalue weighted by Gasteiger charge is 2.16. The van der Waals surface area contributed by atoms with Crippen molar-refractivity contribution >= 4 is 16.7 Å². The second kappa shape index (κ2) is 5.52. The first-order chi connectivity index (χ1) is 10.2. The van der Waals surface area contributed by atoms with E-state index in [0.29, 0.717) is 0 Å². The number of para-hydroxylation sites is 1. The smallest absolute Gasteiger partial charge is 0.134 e. The van der Waals surface area contributed by atoms with Crippen molar-refractivity contribution in [2.45, 2.75) is 19.9 Å². The van der Waals surface area contributed by atoms with Crippen molar-refractivity contribution in [3.63, 3.8) is 0 Å². The Morgan fingerprint density at radius 2 is 1.90 bits per heavy atom. The molecule has 0 radical (unpaired) electrons. The number of nitrogens with one attached hydrogen (secondary N) is 1. The molecular weight excluding hydrogens is 262 g/mol. The van der Waals surface area contributed by atoms with E-state index in [4.69, 9.17) is 9.15 Å². The summed E-state index contributed by atoms with van der Waals surface area (Å²) in [6, 6.07) is 16.1. The fourth-order valence-corrected chi connectivity index (χ4v) is 2.63. The summed E-state index contributed by atoms with van der Waals surface area (Å²) in [4.78, 5) is 0. The van der Waals surface area contributed by atoms with E-state index in [1.54, 1.807) is 7.11 Å². The highest BCUT2D eigenvalue weighted by molar-refractivity contribution is 5.82. The number of fused-ring (bicyclic) bond motifs is 1. The average Bonchev–Trinajstić information content (AvgIpc) is 2.85. The Kier molecular flexibility index (Phi) is 3.57. The molecule has 3 aromatic rings. The van der Waals surface area contributed by atoms with Gasteiger partial charge in [-0.1, -0.05) is 24.3 Å². The minimum absolute atomic E-state index is 0.0875. The van der Waals surface area contributed by atoms with Crippen molar-refractivity contribution in [1.29, 1.82) is 0 Å². The zero-order valence-electron chi connectivity index (χ0n) is 12.5. The molecule has 0 bridgehead atoms. The summed E-state index contributed by atoms with van der Waals surface area (Å²) in [6.45, 7) is 4.20. The summed E-state index contributed by atoms with van der Waals surface area (Å²) < 4.78 is 11.2. The SMILES string of the molecule is COc1cccc(NC(C)c2oc3ccccc3c2C)c1. The zero-order valence-corrected chi connectivity index (χ0v) is 12.5. The van der Waals surface area contributed by atoms with Crippen LogP contribution in [0.2, 0.25) is 0 Å². The fraction of sp³-hybridized carbons (Fsp3) is 0.222. The molecule has 3 heteroatoms. The highest BCUT2D eigenvalue weighted by Crippen LogP contribution is 2.31. The summed E-state index contributed by atoms with van der Waals surface area (Å²) in [6.07, 6.45) is 0. The van der Waals surface area contributed by atoms with Crippen LogP contribution >= 0.6 is 0 Å². The number of hydrogen-bond acceptors (Lipinski definition) is 3. The van der Waals surface area contributed by atoms with Crippen molar-refractivity contribution in [1.82, 2.24) is 0 Å². The van der Waals surface area contributed by atoms with Gasteiger partial charge in [-0.25, -0.2) is 0 Å². The van der Waals surface area contributed by atoms with E-state index < -0.39 is 0 Å². The van der Waals surface area contributed by atoms with Gasteiger partial charge in [-0.15, -0.1) is 0 Å². The molecule has 1 N–H and O–H groups in total. The van der Waals surface area contributed by atoms with E-state index >= 15 is 0 Å². The van der Waals surface area contributed by atoms with Crippen LogP contribution in [0.3, 0.4) is 0 Å². The Bertz CT molecular complexity index is 761. The topological polar surface area (TPSA) is 34.4 Å². The minimum Gasteiger partial charge on any atom is -0.497 e. The van der Waals surface area contributed by atoms with Crippen molar-refractivity contribution in [2.24, 2.45) is 0 Å². The number of ether oxygens (including phenoxy) is 1. The van der Waals surface area contributed by atoms with Crippen LogP contribution in [-0.4, -0.2) is 7.11 Å². The van der Waals surface area contributed by atoms with Crippen molar-refractivity contribution < 1.29 is 9.15 Å². The first kappa shape index (κ1) is 13.6. The molecule has 3 rings (SSSR count). The lowest BCUT2D eigenvalue weighted by Gasteiger charge is -2.14. The molecule has 21 heavy (non-hydrogen) atoms. The molecule has 2 aromatic carbocycles. The standard InChI is InChI=1S/C18H19NO2/c1-12-16-9-4-5-10-17(16)21-18(12)13(2)19-14-7-6-8-15(11-14)20-3/h4-11,13,19H,1-3H3. The van der Waals surface area contributed by atoms with E-state index in [0.717, 1.165) is 22.8 Å². The monoisotopic (exact) mass is 281 g/mol. The lowest BCUT2D eigenvalue weighted by Crippen LogP contribution is -2.06. The predicted octanol–water partition coefficient (Wildman–Crippen LogP) is 4.92. The van der Waals surface area contributed by atoms with Crippen molar-refractivity contribution in [3.05, 3.63) is 59.9 Å². The molecule has 0 aliphatic rings. The summed E-state index contributed by atoms with van der Waals surface area (Å²) in [5, 5.41) is 4.63. The van der Waals surface area contributed by atoms with Gasteiger partial charge in [0.25, 0.3) is 0 Å². The summed E-state index contributed by atoms with van der Waals surface area (Å²) in [7, 11) is 1.67. The number of methoxy groups -OCH3 is 1. The molecule has 1 aromatic heterocycles. The Morgan fingerprint density at radius 3 is 2.67 bits per heavy atom. The lowest BCUT2D eigenvalue weighted by molar-refractivity contribution is 0.415. The largest absolute Gasteiger partial charge is 0.497 e. The lowest BCUT2D eigenvalue weighted by atomic mass is 10.1. The van der Waals surface area contributed by atoms with Gasteiger partial charge in [-0.05, 0) is 32.0 Å². The van der Waals surface area contributed by atoms with Gasteiger partial charge in [0, 0.05) is 22.7 Å². The van der Waals surface area contributed by atoms with Crippen LogP contribution in [0.25, 0.3) is 11.0 Å². The van der Waals surface area contributed by atoms with Gasteiger partial charge in [-0.3, -0.25) is 0 Å². The maximum Gasteiger partial charge on any atom is 0.134 e. The third-order valence-corrected chi connectivity index (χ3v) is 3.73. The Labute approximate surface area is 124 Å². The van der Waals surface area contributed by atoms with Crippen LogP contribution in [0.4, 0.5) is 5.69 Å². The molecule has 0 amide bonds. The molecule has 1 atom stereocenters. The Hall–Kier alpha value is -2.42. The number of hydrogen-bond donors (Lipinski definition) is 1. The first-order valence-electron chi connectivity index (χ1n) is 7.07. The van der Waals surface area contributed by atoms with Gasteiger partial charge < -0.3 is 14.5 Å². The Balaban J connectivity index is 1.89. The second-order valence-electron chi connectivity index (χ2n) is 5.19. The van der Waals surface area contributed by atoms with Gasteiger partial charge in [0.05, 0.1) is 13.2 Å². The average molecular weight is 281 g/mol. The van der Waals surface area contributed by atoms with Gasteiger partial charge in [-0.2, -0.15) is 0 Å². The van der Waals surface area contributed by atoms with Crippen LogP contribution in [0.5, 0.6) is 5.75 Å². The fourth-order valence-electron chi connectivity index (χ4n) is 2.63. The number of anilines is 1. The molecule has 0 aliphatic heterocycles. The second-order valence-corrected chi connectivity index (χ2v) is 5.19. The third-order valence-electron chi connectivity index (χ3n) is 3.73. The summed E-state index contributed by atoms with van der Waals surface area (Å²) in [5.74, 6) is 1.81. The number of aryl methyl sites for hydroxylation is 1. The van der Waals surface area contributed by atoms with Crippen molar-refractivity contribution in [3.8, 4) is 5.75 Å². The molecule has 0 aliphatic carbocycles. The summed E-state index contributed by atoms with van der Waals surface area (Å²) >= 11 is 0. The first-order valence-corrected chi connectivity index (χ1v) is 7.07. The molecule has 0 spiro atoms. The van der Waals surface area contributed by atoms with Crippen LogP contribution < -0.4 is 10.1 Å². The van der Waals surface area contributed by atoms with Crippen LogP contribution in [0.1, 0.15) is 24.3 Å². The van der Waals surface area contributed by atoms with Gasteiger partial charge in [0.1, 0.15) is 17.1 Å². The normalized spacial score (nSPS) is 12.3.